The van der Waals surface area contributed by atoms with Crippen molar-refractivity contribution in [2.45, 2.75) is 78.5 Å². The summed E-state index contributed by atoms with van der Waals surface area (Å²) in [5, 5.41) is 44.1. The molecule has 0 aliphatic carbocycles. The van der Waals surface area contributed by atoms with Gasteiger partial charge in [-0.15, -0.1) is 0 Å². The SMILES string of the molecule is CCOC(=O)Oc1c2c(c(O)c3nccnc13)C(=O)N(Cc1ccc(F)cc1)C2=O.CN1CCN(C(=O)c2c3c(c(O)c4ncccc24)C(=O)N(Cc2ccc(F)cc2)C3)CC1.O=C1c2c(c(C(=O)N3CCCCC3)c3cccnc3c2O)CN1Cc1ccc(F)cc1.O=C1c2c(c(C(=O)N3CCOCC3)c3cccnc3c2O)CN1Cc1ccc(F)cc1.O=c1c2[nH]cc[nH]c2c(=O)c2c(=O)n(Cc3ccc(F)cc3)c(=O)c12. The molecule has 16 aromatic rings. The van der Waals surface area contributed by atoms with Crippen LogP contribution in [0.2, 0.25) is 0 Å². The first-order valence-corrected chi connectivity index (χ1v) is 47.4. The van der Waals surface area contributed by atoms with Crippen LogP contribution >= 0.6 is 0 Å². The Bertz CT molecular complexity index is 8130. The lowest BCUT2D eigenvalue weighted by atomic mass is 9.95. The highest BCUT2D eigenvalue weighted by atomic mass is 19.1. The third-order valence-electron chi connectivity index (χ3n) is 26.8. The Hall–Kier alpha value is -18.2. The molecule has 10 aromatic carbocycles. The highest BCUT2D eigenvalue weighted by Crippen LogP contribution is 2.47. The van der Waals surface area contributed by atoms with E-state index < -0.39 is 68.1 Å². The van der Waals surface area contributed by atoms with E-state index in [1.165, 1.54) is 122 Å². The Morgan fingerprint density at radius 3 is 1.09 bits per heavy atom. The summed E-state index contributed by atoms with van der Waals surface area (Å²) in [4.78, 5) is 208. The number of aromatic amines is 2. The van der Waals surface area contributed by atoms with Crippen molar-refractivity contribution in [2.24, 2.45) is 0 Å². The first kappa shape index (κ1) is 99.6. The fourth-order valence-electron chi connectivity index (χ4n) is 19.4. The van der Waals surface area contributed by atoms with Crippen LogP contribution in [0.25, 0.3) is 65.5 Å². The predicted octanol–water partition coefficient (Wildman–Crippen LogP) is 12.5. The van der Waals surface area contributed by atoms with Gasteiger partial charge in [0.15, 0.2) is 28.7 Å². The molecule has 756 valence electrons. The maximum Gasteiger partial charge on any atom is 0.513 e. The van der Waals surface area contributed by atoms with Crippen LogP contribution in [0.1, 0.15) is 154 Å². The van der Waals surface area contributed by atoms with Gasteiger partial charge in [0.25, 0.3) is 58.4 Å². The normalized spacial score (nSPS) is 14.8. The third kappa shape index (κ3) is 19.3. The number of phenolic OH excluding ortho intramolecular Hbond substituents is 4. The van der Waals surface area contributed by atoms with Crippen LogP contribution in [0, 0.1) is 29.1 Å². The number of morpholine rings is 1. The van der Waals surface area contributed by atoms with E-state index in [9.17, 15) is 105 Å². The Labute approximate surface area is 840 Å². The van der Waals surface area contributed by atoms with Crippen molar-refractivity contribution < 1.29 is 99.7 Å². The number of aromatic hydroxyl groups is 4. The van der Waals surface area contributed by atoms with Gasteiger partial charge >= 0.3 is 6.16 Å². The number of benzene rings is 10. The molecule has 7 aliphatic rings. The Morgan fingerprint density at radius 2 is 0.711 bits per heavy atom. The van der Waals surface area contributed by atoms with Gasteiger partial charge in [-0.1, -0.05) is 78.9 Å². The standard InChI is InChI=1S/C24H23FN4O3.C24H22FN3O3.C23H20FN3O4.C20H14FN3O6.C17H10FN3O4/c1-27-9-11-28(12-10-27)23(31)19-17-3-2-8-26-21(17)22(30)20-18(19)14-29(24(20)32)13-15-4-6-16(25)7-5-15;25-16-8-6-15(7-9-16)13-28-14-18-19(23(30)27-11-2-1-3-12-27)17-5-4-10-26-21(17)22(29)20(18)24(28)31;24-15-5-3-14(4-6-15)12-27-13-17-18(22(29)26-8-10-31-11-9-26)16-2-1-7-25-20(16)21(28)19(17)23(27)30;1-2-29-20(28)30-17-13-12(16(25)14-15(17)23-8-7-22-14)18(26)24(19(13)27)9-10-3-5-11(21)6-4-10;18-9-3-1-8(2-4-9)7-21-16(24)10-11(17(21)25)15(23)13-12(14(10)22)19-5-6-20-13/h2-8,30H,9-14H2,1H3;4-10,29H,1-3,11-14H2;1-7,28H,8-13H2;3-8,25H,2,9H2,1H3;1-6,19-20H,7H2. The third-order valence-corrected chi connectivity index (χ3v) is 26.8. The molecule has 0 bridgehead atoms. The molecule has 41 heteroatoms. The van der Waals surface area contributed by atoms with Gasteiger partial charge in [0, 0.05) is 168 Å². The fraction of sp³-hybridized carbons (Fsp3) is 0.222. The van der Waals surface area contributed by atoms with E-state index in [1.807, 2.05) is 11.9 Å². The molecule has 36 nitrogen and oxygen atoms in total. The van der Waals surface area contributed by atoms with Gasteiger partial charge < -0.3 is 78.9 Å². The molecule has 149 heavy (non-hydrogen) atoms. The smallest absolute Gasteiger partial charge is 0.505 e. The number of H-pyrrole nitrogens is 2. The van der Waals surface area contributed by atoms with Crippen LogP contribution in [0.5, 0.6) is 28.7 Å². The number of nitrogens with one attached hydrogen (secondary N) is 2. The summed E-state index contributed by atoms with van der Waals surface area (Å²) in [5.41, 5.74) is 3.22. The lowest BCUT2D eigenvalue weighted by Gasteiger charge is -2.33. The van der Waals surface area contributed by atoms with Gasteiger partial charge in [0.05, 0.1) is 66.3 Å². The quantitative estimate of drug-likeness (QED) is 0.0240. The number of hydrogen-bond acceptors (Lipinski definition) is 26. The Morgan fingerprint density at radius 1 is 0.376 bits per heavy atom. The monoisotopic (exact) mass is 2020 g/mol. The van der Waals surface area contributed by atoms with E-state index in [1.54, 1.807) is 110 Å². The number of imide groups is 1. The Kier molecular flexibility index (Phi) is 28.0. The Balaban J connectivity index is 0.000000117. The van der Waals surface area contributed by atoms with Crippen molar-refractivity contribution in [1.29, 1.82) is 0 Å². The van der Waals surface area contributed by atoms with Crippen LogP contribution < -0.4 is 26.7 Å². The number of nitrogens with zero attached hydrogens (tertiary/aromatic N) is 14. The number of carbonyl (C=O) groups is 9. The topological polar surface area (TPSA) is 457 Å². The van der Waals surface area contributed by atoms with Gasteiger partial charge in [-0.25, -0.2) is 36.7 Å². The second kappa shape index (κ2) is 41.9. The van der Waals surface area contributed by atoms with E-state index in [0.29, 0.717) is 113 Å². The van der Waals surface area contributed by atoms with Crippen LogP contribution in [0.3, 0.4) is 0 Å². The highest BCUT2D eigenvalue weighted by Gasteiger charge is 2.46. The molecule has 0 spiro atoms. The number of carbonyl (C=O) groups excluding carboxylic acids is 9. The van der Waals surface area contributed by atoms with E-state index in [4.69, 9.17) is 14.2 Å². The second-order valence-electron chi connectivity index (χ2n) is 36.0. The number of fused-ring (bicyclic) bond motifs is 10. The fourth-order valence-corrected chi connectivity index (χ4v) is 19.4. The van der Waals surface area contributed by atoms with Crippen LogP contribution in [0.15, 0.2) is 220 Å². The van der Waals surface area contributed by atoms with Gasteiger partial charge in [0.2, 0.25) is 10.9 Å². The number of amides is 8. The van der Waals surface area contributed by atoms with E-state index in [2.05, 4.69) is 39.8 Å². The van der Waals surface area contributed by atoms with Crippen molar-refractivity contribution in [2.75, 3.05) is 79.2 Å². The largest absolute Gasteiger partial charge is 0.513 e. The highest BCUT2D eigenvalue weighted by molar-refractivity contribution is 6.27. The van der Waals surface area contributed by atoms with E-state index in [-0.39, 0.29) is 201 Å². The molecule has 0 atom stereocenters. The predicted molar refractivity (Wildman–Crippen MR) is 529 cm³/mol. The lowest BCUT2D eigenvalue weighted by molar-refractivity contribution is 0.0303. The number of piperazine rings is 1. The molecule has 23 rings (SSSR count). The van der Waals surface area contributed by atoms with Crippen LogP contribution in [-0.2, 0) is 61.8 Å². The molecule has 13 heterocycles. The molecule has 0 saturated carbocycles. The zero-order valence-electron chi connectivity index (χ0n) is 79.6. The van der Waals surface area contributed by atoms with E-state index in [0.717, 1.165) is 58.5 Å². The average molecular weight is 2030 g/mol. The number of likely N-dealkylation sites (tertiary alicyclic amines) is 1. The number of ether oxygens (including phenoxy) is 3. The minimum atomic E-state index is -1.10. The minimum Gasteiger partial charge on any atom is -0.505 e. The number of phenols is 4. The summed E-state index contributed by atoms with van der Waals surface area (Å²) in [5.74, 6) is -6.60. The van der Waals surface area contributed by atoms with Crippen molar-refractivity contribution in [1.82, 2.24) is 78.7 Å². The van der Waals surface area contributed by atoms with Gasteiger partial charge in [-0.2, -0.15) is 0 Å². The van der Waals surface area contributed by atoms with Gasteiger partial charge in [-0.05, 0) is 140 Å². The number of halogens is 5. The number of hydrogen-bond donors (Lipinski definition) is 6. The number of aromatic nitrogens is 8. The van der Waals surface area contributed by atoms with Gasteiger partial charge in [0.1, 0.15) is 89.6 Å². The second-order valence-corrected chi connectivity index (χ2v) is 36.0. The minimum absolute atomic E-state index is 0.0201. The lowest BCUT2D eigenvalue weighted by Crippen LogP contribution is -2.47. The zero-order valence-corrected chi connectivity index (χ0v) is 79.6. The number of likely N-dealkylation sites (N-methyl/N-ethyl adjacent to an activating group) is 1. The molecular weight excluding hydrogens is 1940 g/mol. The molecule has 6 N–H and O–H groups in total. The molecule has 0 radical (unpaired) electrons. The summed E-state index contributed by atoms with van der Waals surface area (Å²) in [6.45, 7) is 8.52. The molecule has 3 saturated heterocycles. The molecule has 0 unspecified atom stereocenters. The van der Waals surface area contributed by atoms with Crippen molar-refractivity contribution in [3.8, 4) is 28.7 Å². The van der Waals surface area contributed by atoms with Gasteiger partial charge in [-0.3, -0.25) is 82.0 Å². The summed E-state index contributed by atoms with van der Waals surface area (Å²) in [7, 11) is 2.02. The maximum absolute atomic E-state index is 13.6. The van der Waals surface area contributed by atoms with Crippen molar-refractivity contribution in [3.63, 3.8) is 0 Å². The number of pyridine rings is 3. The molecule has 6 aromatic heterocycles. The van der Waals surface area contributed by atoms with Crippen molar-refractivity contribution in [3.05, 3.63) is 360 Å². The molecular formula is C108H89F5N16O20. The van der Waals surface area contributed by atoms with E-state index >= 15 is 0 Å². The maximum atomic E-state index is 13.6. The first-order chi connectivity index (χ1) is 71.9. The first-order valence-electron chi connectivity index (χ1n) is 47.4. The summed E-state index contributed by atoms with van der Waals surface area (Å²) < 4.78 is 82.1. The van der Waals surface area contributed by atoms with Crippen molar-refractivity contribution >= 4 is 119 Å². The number of piperidine rings is 1. The van der Waals surface area contributed by atoms with Crippen LogP contribution in [-0.4, -0.2) is 232 Å². The summed E-state index contributed by atoms with van der Waals surface area (Å²) in [6.07, 6.45) is 11.9. The summed E-state index contributed by atoms with van der Waals surface area (Å²) in [6, 6.07) is 38.7. The molecule has 3 fully saturated rings. The molecule has 8 amide bonds. The molecule has 7 aliphatic heterocycles. The number of rotatable bonds is 15. The van der Waals surface area contributed by atoms with Crippen LogP contribution in [0.4, 0.5) is 26.7 Å². The summed E-state index contributed by atoms with van der Waals surface area (Å²) >= 11 is 0. The average Bonchev–Trinajstić information content (AvgIpc) is 1.60. The zero-order chi connectivity index (χ0) is 105.